The molecular weight excluding hydrogens is 272 g/mol. The Bertz CT molecular complexity index is 573. The Kier molecular flexibility index (Phi) is 3.64. The van der Waals surface area contributed by atoms with Gasteiger partial charge in [-0.25, -0.2) is 13.1 Å². The second-order valence-electron chi connectivity index (χ2n) is 4.82. The summed E-state index contributed by atoms with van der Waals surface area (Å²) in [7, 11) is -3.71. The number of hydrogen-bond donors (Lipinski definition) is 2. The van der Waals surface area contributed by atoms with Crippen LogP contribution in [0.5, 0.6) is 0 Å². The third-order valence-corrected chi connectivity index (χ3v) is 5.10. The second-order valence-corrected chi connectivity index (χ2v) is 6.47. The molecule has 19 heavy (non-hydrogen) atoms. The summed E-state index contributed by atoms with van der Waals surface area (Å²) in [4.78, 5) is 10.9. The van der Waals surface area contributed by atoms with Crippen LogP contribution in [0, 0.1) is 19.8 Å². The van der Waals surface area contributed by atoms with Crippen LogP contribution in [-0.4, -0.2) is 30.7 Å². The van der Waals surface area contributed by atoms with Gasteiger partial charge in [0, 0.05) is 6.04 Å². The van der Waals surface area contributed by atoms with Gasteiger partial charge >= 0.3 is 5.97 Å². The first-order valence-electron chi connectivity index (χ1n) is 5.99. The SMILES string of the molecule is Cc1noc(C)c1S(=O)(=O)N[C@H]1CC[C@@H](C(=O)O)C1. The summed E-state index contributed by atoms with van der Waals surface area (Å²) in [5, 5.41) is 12.5. The zero-order valence-corrected chi connectivity index (χ0v) is 11.5. The molecule has 2 atom stereocenters. The first-order chi connectivity index (χ1) is 8.81. The molecule has 0 spiro atoms. The van der Waals surface area contributed by atoms with Crippen LogP contribution in [0.2, 0.25) is 0 Å². The predicted molar refractivity (Wildman–Crippen MR) is 65.1 cm³/mol. The maximum atomic E-state index is 12.2. The van der Waals surface area contributed by atoms with Crippen LogP contribution in [0.3, 0.4) is 0 Å². The molecule has 0 aromatic carbocycles. The molecule has 1 aliphatic rings. The number of aliphatic carboxylic acids is 1. The summed E-state index contributed by atoms with van der Waals surface area (Å²) in [6, 6.07) is -0.347. The van der Waals surface area contributed by atoms with Crippen LogP contribution in [0.4, 0.5) is 0 Å². The molecule has 0 radical (unpaired) electrons. The van der Waals surface area contributed by atoms with E-state index in [1.807, 2.05) is 0 Å². The normalized spacial score (nSPS) is 23.7. The molecule has 1 heterocycles. The Morgan fingerprint density at radius 2 is 2.11 bits per heavy atom. The van der Waals surface area contributed by atoms with Crippen LogP contribution < -0.4 is 4.72 Å². The van der Waals surface area contributed by atoms with Crippen molar-refractivity contribution in [3.05, 3.63) is 11.5 Å². The molecule has 0 saturated heterocycles. The van der Waals surface area contributed by atoms with Crippen LogP contribution in [0.25, 0.3) is 0 Å². The van der Waals surface area contributed by atoms with Gasteiger partial charge in [0.15, 0.2) is 5.76 Å². The van der Waals surface area contributed by atoms with Crippen molar-refractivity contribution in [1.82, 2.24) is 9.88 Å². The molecule has 0 bridgehead atoms. The van der Waals surface area contributed by atoms with E-state index in [-0.39, 0.29) is 16.7 Å². The van der Waals surface area contributed by atoms with E-state index in [2.05, 4.69) is 9.88 Å². The lowest BCUT2D eigenvalue weighted by atomic mass is 10.1. The Balaban J connectivity index is 2.13. The first-order valence-corrected chi connectivity index (χ1v) is 7.47. The van der Waals surface area contributed by atoms with E-state index in [4.69, 9.17) is 9.63 Å². The van der Waals surface area contributed by atoms with Gasteiger partial charge < -0.3 is 9.63 Å². The Morgan fingerprint density at radius 3 is 2.58 bits per heavy atom. The van der Waals surface area contributed by atoms with Gasteiger partial charge in [-0.05, 0) is 33.1 Å². The maximum absolute atomic E-state index is 12.2. The first kappa shape index (κ1) is 14.0. The number of sulfonamides is 1. The molecule has 1 saturated carbocycles. The van der Waals surface area contributed by atoms with Gasteiger partial charge in [-0.2, -0.15) is 0 Å². The van der Waals surface area contributed by atoms with Crippen molar-refractivity contribution in [2.75, 3.05) is 0 Å². The minimum atomic E-state index is -3.71. The Labute approximate surface area is 111 Å². The third-order valence-electron chi connectivity index (χ3n) is 3.34. The fourth-order valence-electron chi connectivity index (χ4n) is 2.45. The molecule has 8 heteroatoms. The predicted octanol–water partition coefficient (Wildman–Crippen LogP) is 0.823. The number of carbonyl (C=O) groups is 1. The van der Waals surface area contributed by atoms with E-state index in [9.17, 15) is 13.2 Å². The summed E-state index contributed by atoms with van der Waals surface area (Å²) < 4.78 is 31.8. The molecule has 0 amide bonds. The molecular formula is C11H16N2O5S. The van der Waals surface area contributed by atoms with Crippen molar-refractivity contribution in [3.63, 3.8) is 0 Å². The number of carboxylic acids is 1. The van der Waals surface area contributed by atoms with Crippen LogP contribution in [0.15, 0.2) is 9.42 Å². The highest BCUT2D eigenvalue weighted by molar-refractivity contribution is 7.89. The summed E-state index contributed by atoms with van der Waals surface area (Å²) in [6.45, 7) is 3.09. The number of aryl methyl sites for hydroxylation is 2. The fourth-order valence-corrected chi connectivity index (χ4v) is 4.06. The smallest absolute Gasteiger partial charge is 0.306 e. The van der Waals surface area contributed by atoms with Crippen molar-refractivity contribution >= 4 is 16.0 Å². The van der Waals surface area contributed by atoms with Gasteiger partial charge in [0.1, 0.15) is 10.6 Å². The zero-order chi connectivity index (χ0) is 14.2. The minimum Gasteiger partial charge on any atom is -0.481 e. The molecule has 1 fully saturated rings. The lowest BCUT2D eigenvalue weighted by Gasteiger charge is -2.12. The van der Waals surface area contributed by atoms with Crippen molar-refractivity contribution in [3.8, 4) is 0 Å². The summed E-state index contributed by atoms with van der Waals surface area (Å²) in [5.74, 6) is -1.12. The van der Waals surface area contributed by atoms with Gasteiger partial charge in [0.05, 0.1) is 5.92 Å². The second kappa shape index (κ2) is 4.93. The molecule has 2 N–H and O–H groups in total. The number of carboxylic acid groups (broad SMARTS) is 1. The van der Waals surface area contributed by atoms with Gasteiger partial charge in [-0.1, -0.05) is 5.16 Å². The molecule has 7 nitrogen and oxygen atoms in total. The zero-order valence-electron chi connectivity index (χ0n) is 10.7. The average Bonchev–Trinajstić information content (AvgIpc) is 2.85. The molecule has 1 aromatic rings. The van der Waals surface area contributed by atoms with E-state index in [0.717, 1.165) is 0 Å². The molecule has 106 valence electrons. The topological polar surface area (TPSA) is 110 Å². The van der Waals surface area contributed by atoms with E-state index in [0.29, 0.717) is 25.0 Å². The molecule has 1 aliphatic carbocycles. The fraction of sp³-hybridized carbons (Fsp3) is 0.636. The number of nitrogens with one attached hydrogen (secondary N) is 1. The Morgan fingerprint density at radius 1 is 1.42 bits per heavy atom. The van der Waals surface area contributed by atoms with Crippen molar-refractivity contribution in [2.45, 2.75) is 44.0 Å². The van der Waals surface area contributed by atoms with Gasteiger partial charge in [0.2, 0.25) is 10.0 Å². The van der Waals surface area contributed by atoms with E-state index >= 15 is 0 Å². The lowest BCUT2D eigenvalue weighted by molar-refractivity contribution is -0.141. The van der Waals surface area contributed by atoms with Crippen LogP contribution >= 0.6 is 0 Å². The van der Waals surface area contributed by atoms with Crippen molar-refractivity contribution in [1.29, 1.82) is 0 Å². The monoisotopic (exact) mass is 288 g/mol. The highest BCUT2D eigenvalue weighted by Crippen LogP contribution is 2.28. The van der Waals surface area contributed by atoms with E-state index < -0.39 is 21.9 Å². The van der Waals surface area contributed by atoms with Crippen molar-refractivity contribution < 1.29 is 22.8 Å². The van der Waals surface area contributed by atoms with Crippen LogP contribution in [0.1, 0.15) is 30.7 Å². The molecule has 1 aromatic heterocycles. The average molecular weight is 288 g/mol. The van der Waals surface area contributed by atoms with Gasteiger partial charge in [-0.3, -0.25) is 4.79 Å². The van der Waals surface area contributed by atoms with E-state index in [1.165, 1.54) is 6.92 Å². The van der Waals surface area contributed by atoms with E-state index in [1.54, 1.807) is 6.92 Å². The highest BCUT2D eigenvalue weighted by atomic mass is 32.2. The standard InChI is InChI=1S/C11H16N2O5S/c1-6-10(7(2)18-12-6)19(16,17)13-9-4-3-8(5-9)11(14)15/h8-9,13H,3-5H2,1-2H3,(H,14,15)/t8-,9+/m1/s1. The summed E-state index contributed by atoms with van der Waals surface area (Å²) >= 11 is 0. The Hall–Kier alpha value is -1.41. The minimum absolute atomic E-state index is 0.0475. The molecule has 2 rings (SSSR count). The third kappa shape index (κ3) is 2.79. The summed E-state index contributed by atoms with van der Waals surface area (Å²) in [5.41, 5.74) is 0.304. The number of rotatable bonds is 4. The summed E-state index contributed by atoms with van der Waals surface area (Å²) in [6.07, 6.45) is 1.33. The number of nitrogens with zero attached hydrogens (tertiary/aromatic N) is 1. The quantitative estimate of drug-likeness (QED) is 0.849. The maximum Gasteiger partial charge on any atom is 0.306 e. The number of aromatic nitrogens is 1. The van der Waals surface area contributed by atoms with Crippen LogP contribution in [-0.2, 0) is 14.8 Å². The highest BCUT2D eigenvalue weighted by Gasteiger charge is 2.34. The number of hydrogen-bond acceptors (Lipinski definition) is 5. The van der Waals surface area contributed by atoms with Gasteiger partial charge in [-0.15, -0.1) is 0 Å². The molecule has 0 unspecified atom stereocenters. The molecule has 0 aliphatic heterocycles. The largest absolute Gasteiger partial charge is 0.481 e. The van der Waals surface area contributed by atoms with Crippen molar-refractivity contribution in [2.24, 2.45) is 5.92 Å². The lowest BCUT2D eigenvalue weighted by Crippen LogP contribution is -2.33. The van der Waals surface area contributed by atoms with Gasteiger partial charge in [0.25, 0.3) is 0 Å².